The van der Waals surface area contributed by atoms with Gasteiger partial charge in [0.1, 0.15) is 63.3 Å². The van der Waals surface area contributed by atoms with Gasteiger partial charge in [0.2, 0.25) is 0 Å². The van der Waals surface area contributed by atoms with Gasteiger partial charge in [-0.25, -0.2) is 74.2 Å². The van der Waals surface area contributed by atoms with Crippen LogP contribution in [0.2, 0.25) is 10.0 Å². The van der Waals surface area contributed by atoms with Crippen LogP contribution in [0.3, 0.4) is 0 Å². The Morgan fingerprint density at radius 1 is 0.404 bits per heavy atom. The van der Waals surface area contributed by atoms with Gasteiger partial charge >= 0.3 is 30.1 Å². The molecule has 0 saturated carbocycles. The predicted octanol–water partition coefficient (Wildman–Crippen LogP) is 12.8. The van der Waals surface area contributed by atoms with Crippen LogP contribution in [0.4, 0.5) is 71.0 Å². The number of ether oxygens (including phenoxy) is 9. The molecule has 8 N–H and O–H groups in total. The third kappa shape index (κ3) is 15.6. The molecular formula is C60H51Cl2F11N8O13. The van der Waals surface area contributed by atoms with Gasteiger partial charge in [-0.1, -0.05) is 35.3 Å². The van der Waals surface area contributed by atoms with Crippen molar-refractivity contribution in [3.63, 3.8) is 0 Å². The lowest BCUT2D eigenvalue weighted by Crippen LogP contribution is -2.12. The van der Waals surface area contributed by atoms with E-state index >= 15 is 0 Å². The third-order valence-corrected chi connectivity index (χ3v) is 13.4. The number of rotatable bonds is 14. The Hall–Kier alpha value is -10.6. The molecule has 500 valence electrons. The Labute approximate surface area is 535 Å². The van der Waals surface area contributed by atoms with Gasteiger partial charge in [-0.05, 0) is 67.6 Å². The smallest absolute Gasteiger partial charge is 0.416 e. The second-order valence-corrected chi connectivity index (χ2v) is 19.0. The summed E-state index contributed by atoms with van der Waals surface area (Å²) in [5, 5.41) is -0.167. The summed E-state index contributed by atoms with van der Waals surface area (Å²) in [7, 11) is 10.4. The Kier molecular flexibility index (Phi) is 24.9. The fourth-order valence-corrected chi connectivity index (χ4v) is 8.74. The average Bonchev–Trinajstić information content (AvgIpc) is 0.793. The van der Waals surface area contributed by atoms with Gasteiger partial charge in [-0.2, -0.15) is 13.2 Å². The molecule has 0 spiro atoms. The van der Waals surface area contributed by atoms with E-state index in [4.69, 9.17) is 69.8 Å². The maximum absolute atomic E-state index is 14.7. The molecule has 4 aromatic carbocycles. The van der Waals surface area contributed by atoms with Crippen LogP contribution in [0.15, 0.2) is 72.8 Å². The molecule has 34 heteroatoms. The van der Waals surface area contributed by atoms with Gasteiger partial charge in [-0.3, -0.25) is 0 Å². The molecule has 8 rings (SSSR count). The molecule has 0 aliphatic heterocycles. The third-order valence-electron chi connectivity index (χ3n) is 12.7. The number of hydrogen-bond acceptors (Lipinski definition) is 21. The number of hydrogen-bond donors (Lipinski definition) is 4. The van der Waals surface area contributed by atoms with E-state index in [1.165, 1.54) is 51.7 Å². The number of nitrogen functional groups attached to an aromatic ring is 4. The zero-order chi connectivity index (χ0) is 70.5. The molecular weight excluding hydrogens is 1320 g/mol. The Morgan fingerprint density at radius 3 is 0.989 bits per heavy atom. The number of halogens is 13. The topological polar surface area (TPSA) is 307 Å². The van der Waals surface area contributed by atoms with E-state index in [0.717, 1.165) is 92.0 Å². The minimum absolute atomic E-state index is 0.00571. The summed E-state index contributed by atoms with van der Waals surface area (Å²) in [6.07, 6.45) is -6.27. The van der Waals surface area contributed by atoms with E-state index in [-0.39, 0.29) is 89.6 Å². The molecule has 94 heavy (non-hydrogen) atoms. The highest BCUT2D eigenvalue weighted by atomic mass is 35.5. The van der Waals surface area contributed by atoms with E-state index in [1.54, 1.807) is 0 Å². The second-order valence-electron chi connectivity index (χ2n) is 18.2. The zero-order valence-corrected chi connectivity index (χ0v) is 51.8. The van der Waals surface area contributed by atoms with Gasteiger partial charge < -0.3 is 65.6 Å². The predicted molar refractivity (Wildman–Crippen MR) is 319 cm³/mol. The highest BCUT2D eigenvalue weighted by Crippen LogP contribution is 2.43. The number of benzene rings is 4. The van der Waals surface area contributed by atoms with E-state index in [1.807, 2.05) is 0 Å². The highest BCUT2D eigenvalue weighted by Gasteiger charge is 2.33. The molecule has 4 aromatic heterocycles. The Balaban J connectivity index is 0.000000227. The van der Waals surface area contributed by atoms with Crippen LogP contribution in [-0.4, -0.2) is 108 Å². The first-order valence-corrected chi connectivity index (χ1v) is 26.6. The normalized spacial score (nSPS) is 11.0. The average molecular weight is 1370 g/mol. The molecule has 0 saturated heterocycles. The number of nitrogens with two attached hydrogens (primary N) is 4. The van der Waals surface area contributed by atoms with Crippen molar-refractivity contribution in [3.05, 3.63) is 157 Å². The lowest BCUT2D eigenvalue weighted by atomic mass is 10.0. The monoisotopic (exact) mass is 1370 g/mol. The van der Waals surface area contributed by atoms with Crippen molar-refractivity contribution in [2.45, 2.75) is 19.3 Å². The SMILES string of the molecule is COC(=O)c1nc(-c2ccc(C(F)(F)F)cc2)c(F)c(N)c1OC.COC(=O)c1nc(-c2ccc(Cl)c(C(C)F)c2F)c(F)c(N)c1OC.COC(=O)c1nc(-c2ccc(Cl)c(OC)c2F)c(F)c(N)c1OC.COC(=O)c1nc(-c2ccc(F)cc2)c(F)c(N)c1OC. The Morgan fingerprint density at radius 2 is 0.691 bits per heavy atom. The maximum atomic E-state index is 14.7. The second kappa shape index (κ2) is 31.6. The number of nitrogens with zero attached hydrogens (tertiary/aromatic N) is 4. The first-order chi connectivity index (χ1) is 44.3. The van der Waals surface area contributed by atoms with Crippen LogP contribution in [0.1, 0.15) is 66.2 Å². The number of methoxy groups -OCH3 is 9. The molecule has 0 amide bonds. The van der Waals surface area contributed by atoms with Crippen molar-refractivity contribution in [3.8, 4) is 73.8 Å². The maximum Gasteiger partial charge on any atom is 0.416 e. The van der Waals surface area contributed by atoms with Crippen molar-refractivity contribution in [1.29, 1.82) is 0 Å². The number of anilines is 4. The molecule has 8 aromatic rings. The molecule has 0 aliphatic carbocycles. The van der Waals surface area contributed by atoms with Crippen LogP contribution < -0.4 is 46.6 Å². The van der Waals surface area contributed by atoms with Crippen molar-refractivity contribution in [2.75, 3.05) is 86.9 Å². The van der Waals surface area contributed by atoms with Crippen LogP contribution in [0.5, 0.6) is 28.7 Å². The van der Waals surface area contributed by atoms with Crippen LogP contribution in [0.25, 0.3) is 45.0 Å². The molecule has 0 aliphatic rings. The molecule has 0 bridgehead atoms. The van der Waals surface area contributed by atoms with Gasteiger partial charge in [0.15, 0.2) is 80.6 Å². The van der Waals surface area contributed by atoms with Crippen molar-refractivity contribution < 1.29 is 110 Å². The van der Waals surface area contributed by atoms with Gasteiger partial charge in [0, 0.05) is 32.8 Å². The van der Waals surface area contributed by atoms with E-state index in [0.29, 0.717) is 0 Å². The standard InChI is InChI=1S/C16H14ClF3N2O3.C15H13ClF2N2O4.C15H12F4N2O3.C14H12F2N2O3/c1-6(18)9-8(17)5-4-7(10(9)19)13-11(20)12(21)15(24-2)14(22-13)16(23)25-3;1-22-13-7(16)5-4-6(8(13)17)11-9(18)10(19)14(23-2)12(20-11)15(21)24-3;1-23-13-10(20)9(16)11(21-12(13)14(22)24-2)7-3-5-8(6-4-7)15(17,18)19;1-20-13-10(17)9(16)11(18-12(13)14(19)21-2)7-3-5-8(15)6-4-7/h4-6H,1-3H3,(H2,21,22);4-5H,1-3H3,(H2,19,20);3-6H,1-2H3,(H2,20,21);3-6H,1-2H3,(H2,17,18). The molecule has 21 nitrogen and oxygen atoms in total. The molecule has 0 radical (unpaired) electrons. The van der Waals surface area contributed by atoms with E-state index in [2.05, 4.69) is 38.9 Å². The van der Waals surface area contributed by atoms with Gasteiger partial charge in [0.05, 0.1) is 74.6 Å². The van der Waals surface area contributed by atoms with E-state index in [9.17, 15) is 67.5 Å². The summed E-state index contributed by atoms with van der Waals surface area (Å²) in [5.74, 6) is -11.6. The lowest BCUT2D eigenvalue weighted by Gasteiger charge is -2.15. The molecule has 4 heterocycles. The minimum Gasteiger partial charge on any atom is -0.492 e. The largest absolute Gasteiger partial charge is 0.492 e. The number of carbonyl (C=O) groups excluding carboxylic acids is 4. The summed E-state index contributed by atoms with van der Waals surface area (Å²) in [6.45, 7) is 1.08. The summed E-state index contributed by atoms with van der Waals surface area (Å²) < 4.78 is 194. The number of aromatic nitrogens is 4. The number of pyridine rings is 4. The number of alkyl halides is 4. The summed E-state index contributed by atoms with van der Waals surface area (Å²) in [4.78, 5) is 62.4. The highest BCUT2D eigenvalue weighted by molar-refractivity contribution is 6.32. The zero-order valence-electron chi connectivity index (χ0n) is 50.3. The first kappa shape index (κ1) is 74.1. The molecule has 1 atom stereocenters. The van der Waals surface area contributed by atoms with Crippen molar-refractivity contribution in [1.82, 2.24) is 19.9 Å². The Bertz CT molecular complexity index is 4180. The summed E-state index contributed by atoms with van der Waals surface area (Å²) in [5.41, 5.74) is 15.7. The quantitative estimate of drug-likeness (QED) is 0.0446. The number of carbonyl (C=O) groups is 4. The van der Waals surface area contributed by atoms with Crippen LogP contribution in [-0.2, 0) is 25.1 Å². The fraction of sp³-hybridized carbons (Fsp3) is 0.200. The van der Waals surface area contributed by atoms with Crippen LogP contribution in [0, 0.1) is 40.7 Å². The van der Waals surface area contributed by atoms with E-state index < -0.39 is 128 Å². The summed E-state index contributed by atoms with van der Waals surface area (Å²) >= 11 is 11.6. The van der Waals surface area contributed by atoms with Crippen LogP contribution >= 0.6 is 23.2 Å². The van der Waals surface area contributed by atoms with Crippen molar-refractivity contribution >= 4 is 69.8 Å². The van der Waals surface area contributed by atoms with Crippen molar-refractivity contribution in [2.24, 2.45) is 0 Å². The number of esters is 4. The fourth-order valence-electron chi connectivity index (χ4n) is 8.22. The minimum atomic E-state index is -4.53. The molecule has 1 unspecified atom stereocenters. The van der Waals surface area contributed by atoms with Gasteiger partial charge in [-0.15, -0.1) is 0 Å². The van der Waals surface area contributed by atoms with Gasteiger partial charge in [0.25, 0.3) is 0 Å². The summed E-state index contributed by atoms with van der Waals surface area (Å²) in [6, 6.07) is 13.4. The molecule has 0 fully saturated rings. The lowest BCUT2D eigenvalue weighted by molar-refractivity contribution is -0.137. The first-order valence-electron chi connectivity index (χ1n) is 25.8.